The third-order valence-corrected chi connectivity index (χ3v) is 3.34. The Kier molecular flexibility index (Phi) is 5.15. The SMILES string of the molecule is O=C(O)O.O=c1ccn(-c2ccccc2F)c2cc(Cl)c(F)cc12. The van der Waals surface area contributed by atoms with E-state index in [-0.39, 0.29) is 21.5 Å². The summed E-state index contributed by atoms with van der Waals surface area (Å²) in [5, 5.41) is 14.0. The first-order valence-corrected chi connectivity index (χ1v) is 6.86. The molecule has 0 aliphatic heterocycles. The molecule has 124 valence electrons. The second-order valence-corrected chi connectivity index (χ2v) is 4.97. The molecule has 0 aliphatic carbocycles. The van der Waals surface area contributed by atoms with Crippen molar-refractivity contribution in [3.8, 4) is 5.69 Å². The van der Waals surface area contributed by atoms with Gasteiger partial charge in [-0.05, 0) is 24.3 Å². The minimum absolute atomic E-state index is 0.117. The molecule has 3 aromatic rings. The highest BCUT2D eigenvalue weighted by molar-refractivity contribution is 6.31. The molecule has 5 nitrogen and oxygen atoms in total. The van der Waals surface area contributed by atoms with E-state index < -0.39 is 17.8 Å². The van der Waals surface area contributed by atoms with Crippen LogP contribution in [0.25, 0.3) is 16.6 Å². The molecule has 0 saturated heterocycles. The summed E-state index contributed by atoms with van der Waals surface area (Å²) in [6, 6.07) is 9.77. The highest BCUT2D eigenvalue weighted by Gasteiger charge is 2.11. The Bertz CT molecular complexity index is 968. The van der Waals surface area contributed by atoms with Crippen LogP contribution in [0.15, 0.2) is 53.5 Å². The van der Waals surface area contributed by atoms with Gasteiger partial charge in [-0.15, -0.1) is 0 Å². The number of rotatable bonds is 1. The van der Waals surface area contributed by atoms with Crippen LogP contribution in [-0.4, -0.2) is 20.9 Å². The molecule has 2 aromatic carbocycles. The van der Waals surface area contributed by atoms with E-state index in [0.29, 0.717) is 5.52 Å². The molecular weight excluding hydrogens is 344 g/mol. The fourth-order valence-electron chi connectivity index (χ4n) is 2.10. The lowest BCUT2D eigenvalue weighted by Gasteiger charge is -2.12. The van der Waals surface area contributed by atoms with Crippen LogP contribution >= 0.6 is 11.6 Å². The van der Waals surface area contributed by atoms with Gasteiger partial charge in [-0.25, -0.2) is 13.6 Å². The van der Waals surface area contributed by atoms with Crippen molar-refractivity contribution >= 4 is 28.7 Å². The molecule has 0 saturated carbocycles. The van der Waals surface area contributed by atoms with E-state index in [1.165, 1.54) is 29.0 Å². The predicted molar refractivity (Wildman–Crippen MR) is 85.1 cm³/mol. The van der Waals surface area contributed by atoms with Crippen molar-refractivity contribution in [3.63, 3.8) is 0 Å². The molecule has 0 spiro atoms. The molecule has 8 heteroatoms. The number of aromatic nitrogens is 1. The van der Waals surface area contributed by atoms with Gasteiger partial charge in [0.2, 0.25) is 0 Å². The monoisotopic (exact) mass is 353 g/mol. The maximum Gasteiger partial charge on any atom is 0.503 e. The third kappa shape index (κ3) is 3.69. The first-order chi connectivity index (χ1) is 11.3. The first kappa shape index (κ1) is 17.4. The average Bonchev–Trinajstić information content (AvgIpc) is 2.50. The van der Waals surface area contributed by atoms with Crippen molar-refractivity contribution in [1.29, 1.82) is 0 Å². The number of benzene rings is 2. The average molecular weight is 354 g/mol. The second kappa shape index (κ2) is 7.10. The Morgan fingerprint density at radius 2 is 1.67 bits per heavy atom. The Morgan fingerprint density at radius 3 is 2.29 bits per heavy atom. The van der Waals surface area contributed by atoms with Gasteiger partial charge in [0.15, 0.2) is 5.43 Å². The molecule has 0 atom stereocenters. The van der Waals surface area contributed by atoms with Gasteiger partial charge in [-0.3, -0.25) is 4.79 Å². The minimum Gasteiger partial charge on any atom is -0.450 e. The quantitative estimate of drug-likeness (QED) is 0.689. The fourth-order valence-corrected chi connectivity index (χ4v) is 2.26. The van der Waals surface area contributed by atoms with Gasteiger partial charge in [-0.1, -0.05) is 23.7 Å². The van der Waals surface area contributed by atoms with E-state index in [0.717, 1.165) is 6.07 Å². The normalized spacial score (nSPS) is 10.1. The van der Waals surface area contributed by atoms with Crippen molar-refractivity contribution in [2.75, 3.05) is 0 Å². The lowest BCUT2D eigenvalue weighted by molar-refractivity contribution is 0.137. The van der Waals surface area contributed by atoms with E-state index in [9.17, 15) is 13.6 Å². The zero-order chi connectivity index (χ0) is 17.9. The van der Waals surface area contributed by atoms with E-state index >= 15 is 0 Å². The Hall–Kier alpha value is -2.93. The first-order valence-electron chi connectivity index (χ1n) is 6.48. The molecular formula is C16H10ClF2NO4. The minimum atomic E-state index is -1.83. The topological polar surface area (TPSA) is 79.5 Å². The number of halogens is 3. The molecule has 0 fully saturated rings. The predicted octanol–water partition coefficient (Wildman–Crippen LogP) is 4.14. The fraction of sp³-hybridized carbons (Fsp3) is 0. The van der Waals surface area contributed by atoms with Crippen LogP contribution in [0.5, 0.6) is 0 Å². The molecule has 1 aromatic heterocycles. The molecule has 0 bridgehead atoms. The van der Waals surface area contributed by atoms with Gasteiger partial charge in [0.25, 0.3) is 0 Å². The summed E-state index contributed by atoms with van der Waals surface area (Å²) in [5.41, 5.74) is 0.275. The molecule has 0 unspecified atom stereocenters. The Labute approximate surface area is 139 Å². The summed E-state index contributed by atoms with van der Waals surface area (Å²) >= 11 is 5.76. The van der Waals surface area contributed by atoms with Crippen molar-refractivity contribution in [2.45, 2.75) is 0 Å². The standard InChI is InChI=1S/C15H8ClF2NO.CH2O3/c16-10-8-14-9(7-12(10)18)15(20)5-6-19(14)13-4-2-1-3-11(13)17;2-1(3)4/h1-8H;(H2,2,3,4). The van der Waals surface area contributed by atoms with Gasteiger partial charge in [0.1, 0.15) is 11.6 Å². The number of hydrogen-bond acceptors (Lipinski definition) is 2. The van der Waals surface area contributed by atoms with Gasteiger partial charge in [-0.2, -0.15) is 0 Å². The van der Waals surface area contributed by atoms with Crippen LogP contribution in [0.4, 0.5) is 13.6 Å². The number of nitrogens with zero attached hydrogens (tertiary/aromatic N) is 1. The smallest absolute Gasteiger partial charge is 0.450 e. The Balaban J connectivity index is 0.000000471. The van der Waals surface area contributed by atoms with Gasteiger partial charge >= 0.3 is 6.16 Å². The lowest BCUT2D eigenvalue weighted by Crippen LogP contribution is -2.08. The number of para-hydroxylation sites is 1. The summed E-state index contributed by atoms with van der Waals surface area (Å²) in [6.07, 6.45) is -0.392. The molecule has 0 aliphatic rings. The maximum atomic E-state index is 13.9. The van der Waals surface area contributed by atoms with Crippen LogP contribution in [-0.2, 0) is 0 Å². The number of fused-ring (bicyclic) bond motifs is 1. The van der Waals surface area contributed by atoms with Gasteiger partial charge in [0, 0.05) is 17.6 Å². The highest BCUT2D eigenvalue weighted by Crippen LogP contribution is 2.24. The van der Waals surface area contributed by atoms with Crippen molar-refractivity contribution in [1.82, 2.24) is 4.57 Å². The van der Waals surface area contributed by atoms with E-state index in [2.05, 4.69) is 0 Å². The van der Waals surface area contributed by atoms with Crippen molar-refractivity contribution < 1.29 is 23.8 Å². The summed E-state index contributed by atoms with van der Waals surface area (Å²) in [5.74, 6) is -1.12. The summed E-state index contributed by atoms with van der Waals surface area (Å²) in [6.45, 7) is 0. The molecule has 0 amide bonds. The van der Waals surface area contributed by atoms with Crippen LogP contribution in [0, 0.1) is 11.6 Å². The Morgan fingerprint density at radius 1 is 1.04 bits per heavy atom. The van der Waals surface area contributed by atoms with Crippen molar-refractivity contribution in [3.05, 3.63) is 75.5 Å². The van der Waals surface area contributed by atoms with E-state index in [4.69, 9.17) is 26.6 Å². The number of hydrogen-bond donors (Lipinski definition) is 2. The summed E-state index contributed by atoms with van der Waals surface area (Å²) < 4.78 is 28.8. The molecule has 0 radical (unpaired) electrons. The van der Waals surface area contributed by atoms with Gasteiger partial charge in [0.05, 0.1) is 16.2 Å². The van der Waals surface area contributed by atoms with Crippen molar-refractivity contribution in [2.24, 2.45) is 0 Å². The maximum absolute atomic E-state index is 13.9. The number of carbonyl (C=O) groups is 1. The van der Waals surface area contributed by atoms with E-state index in [1.54, 1.807) is 18.2 Å². The summed E-state index contributed by atoms with van der Waals surface area (Å²) in [7, 11) is 0. The van der Waals surface area contributed by atoms with Crippen LogP contribution < -0.4 is 5.43 Å². The lowest BCUT2D eigenvalue weighted by atomic mass is 10.2. The third-order valence-electron chi connectivity index (χ3n) is 3.05. The molecule has 1 heterocycles. The second-order valence-electron chi connectivity index (χ2n) is 4.57. The van der Waals surface area contributed by atoms with Crippen LogP contribution in [0.3, 0.4) is 0 Å². The molecule has 3 rings (SSSR count). The molecule has 24 heavy (non-hydrogen) atoms. The van der Waals surface area contributed by atoms with Gasteiger partial charge < -0.3 is 14.8 Å². The van der Waals surface area contributed by atoms with Crippen LogP contribution in [0.1, 0.15) is 0 Å². The van der Waals surface area contributed by atoms with Crippen LogP contribution in [0.2, 0.25) is 5.02 Å². The zero-order valence-corrected chi connectivity index (χ0v) is 12.7. The molecule has 2 N–H and O–H groups in total. The zero-order valence-electron chi connectivity index (χ0n) is 11.9. The number of carboxylic acid groups (broad SMARTS) is 2. The summed E-state index contributed by atoms with van der Waals surface area (Å²) in [4.78, 5) is 20.3. The largest absolute Gasteiger partial charge is 0.503 e. The van der Waals surface area contributed by atoms with E-state index in [1.807, 2.05) is 0 Å². The number of pyridine rings is 1. The highest BCUT2D eigenvalue weighted by atomic mass is 35.5.